The van der Waals surface area contributed by atoms with Gasteiger partial charge in [-0.05, 0) is 45.2 Å². The van der Waals surface area contributed by atoms with Crippen molar-refractivity contribution in [3.8, 4) is 0 Å². The van der Waals surface area contributed by atoms with Crippen molar-refractivity contribution in [1.29, 1.82) is 0 Å². The number of carbonyl (C=O) groups excluding carboxylic acids is 1. The van der Waals surface area contributed by atoms with E-state index in [0.29, 0.717) is 6.04 Å². The predicted octanol–water partition coefficient (Wildman–Crippen LogP) is 2.95. The summed E-state index contributed by atoms with van der Waals surface area (Å²) in [5, 5.41) is 6.62. The molecule has 0 saturated carbocycles. The van der Waals surface area contributed by atoms with Gasteiger partial charge in [-0.15, -0.1) is 0 Å². The second-order valence-electron chi connectivity index (χ2n) is 5.96. The first-order valence-corrected chi connectivity index (χ1v) is 7.70. The van der Waals surface area contributed by atoms with Crippen molar-refractivity contribution < 1.29 is 4.79 Å². The first kappa shape index (κ1) is 15.0. The normalized spacial score (nSPS) is 24.1. The number of benzene rings is 1. The Morgan fingerprint density at radius 2 is 2.10 bits per heavy atom. The molecule has 0 bridgehead atoms. The van der Waals surface area contributed by atoms with Crippen LogP contribution in [-0.2, 0) is 4.79 Å². The Morgan fingerprint density at radius 1 is 1.40 bits per heavy atom. The van der Waals surface area contributed by atoms with Gasteiger partial charge in [-0.1, -0.05) is 36.8 Å². The molecule has 1 amide bonds. The van der Waals surface area contributed by atoms with Gasteiger partial charge in [0.2, 0.25) is 5.91 Å². The van der Waals surface area contributed by atoms with Gasteiger partial charge in [0.15, 0.2) is 0 Å². The molecule has 1 fully saturated rings. The molecule has 1 saturated heterocycles. The average Bonchev–Trinajstić information content (AvgIpc) is 2.45. The number of hydrogen-bond donors (Lipinski definition) is 2. The average molecular weight is 274 g/mol. The van der Waals surface area contributed by atoms with Crippen LogP contribution < -0.4 is 10.6 Å². The van der Waals surface area contributed by atoms with Gasteiger partial charge >= 0.3 is 0 Å². The molecule has 1 aromatic rings. The maximum atomic E-state index is 12.4. The zero-order valence-corrected chi connectivity index (χ0v) is 12.8. The summed E-state index contributed by atoms with van der Waals surface area (Å²) in [5.74, 6) is 0.372. The van der Waals surface area contributed by atoms with Crippen LogP contribution in [0.2, 0.25) is 0 Å². The molecule has 1 aromatic carbocycles. The maximum Gasteiger partial charge on any atom is 0.223 e. The molecule has 3 atom stereocenters. The van der Waals surface area contributed by atoms with E-state index < -0.39 is 0 Å². The quantitative estimate of drug-likeness (QED) is 0.886. The third-order valence-electron chi connectivity index (χ3n) is 4.20. The summed E-state index contributed by atoms with van der Waals surface area (Å²) in [7, 11) is 0. The van der Waals surface area contributed by atoms with Crippen molar-refractivity contribution in [1.82, 2.24) is 10.6 Å². The lowest BCUT2D eigenvalue weighted by Gasteiger charge is -2.29. The second-order valence-corrected chi connectivity index (χ2v) is 5.96. The van der Waals surface area contributed by atoms with E-state index in [0.717, 1.165) is 25.8 Å². The topological polar surface area (TPSA) is 41.1 Å². The van der Waals surface area contributed by atoms with Crippen molar-refractivity contribution in [2.75, 3.05) is 6.54 Å². The molecule has 0 radical (unpaired) electrons. The molecule has 0 aromatic heterocycles. The van der Waals surface area contributed by atoms with Crippen molar-refractivity contribution in [3.63, 3.8) is 0 Å². The molecule has 20 heavy (non-hydrogen) atoms. The van der Waals surface area contributed by atoms with E-state index in [2.05, 4.69) is 55.7 Å². The van der Waals surface area contributed by atoms with Crippen molar-refractivity contribution >= 4 is 5.91 Å². The van der Waals surface area contributed by atoms with Gasteiger partial charge in [-0.2, -0.15) is 0 Å². The third kappa shape index (κ3) is 3.83. The summed E-state index contributed by atoms with van der Waals surface area (Å²) in [6.07, 6.45) is 2.81. The van der Waals surface area contributed by atoms with Crippen molar-refractivity contribution in [3.05, 3.63) is 35.4 Å². The molecule has 3 nitrogen and oxygen atoms in total. The summed E-state index contributed by atoms with van der Waals surface area (Å²) in [4.78, 5) is 12.4. The number of aryl methyl sites for hydroxylation is 1. The zero-order valence-electron chi connectivity index (χ0n) is 12.8. The minimum atomic E-state index is 0.133. The molecule has 0 aliphatic carbocycles. The number of carbonyl (C=O) groups is 1. The van der Waals surface area contributed by atoms with Crippen LogP contribution in [0.15, 0.2) is 24.3 Å². The molecular weight excluding hydrogens is 248 g/mol. The maximum absolute atomic E-state index is 12.4. The Labute approximate surface area is 122 Å². The minimum Gasteiger partial charge on any atom is -0.349 e. The summed E-state index contributed by atoms with van der Waals surface area (Å²) in [6.45, 7) is 7.30. The van der Waals surface area contributed by atoms with Gasteiger partial charge < -0.3 is 10.6 Å². The smallest absolute Gasteiger partial charge is 0.223 e. The highest BCUT2D eigenvalue weighted by atomic mass is 16.1. The molecule has 1 aliphatic heterocycles. The van der Waals surface area contributed by atoms with Crippen LogP contribution in [0.4, 0.5) is 0 Å². The second kappa shape index (κ2) is 6.89. The fourth-order valence-electron chi connectivity index (χ4n) is 2.88. The zero-order chi connectivity index (χ0) is 14.5. The van der Waals surface area contributed by atoms with Gasteiger partial charge in [-0.25, -0.2) is 0 Å². The minimum absolute atomic E-state index is 0.133. The van der Waals surface area contributed by atoms with Gasteiger partial charge in [0.05, 0.1) is 6.04 Å². The highest BCUT2D eigenvalue weighted by Gasteiger charge is 2.26. The Bertz CT molecular complexity index is 441. The first-order chi connectivity index (χ1) is 9.60. The number of nitrogens with one attached hydrogen (secondary N) is 2. The first-order valence-electron chi connectivity index (χ1n) is 7.70. The van der Waals surface area contributed by atoms with E-state index in [9.17, 15) is 4.79 Å². The largest absolute Gasteiger partial charge is 0.349 e. The van der Waals surface area contributed by atoms with Crippen LogP contribution in [0.25, 0.3) is 0 Å². The summed E-state index contributed by atoms with van der Waals surface area (Å²) < 4.78 is 0. The van der Waals surface area contributed by atoms with Gasteiger partial charge in [-0.3, -0.25) is 4.79 Å². The van der Waals surface area contributed by atoms with Crippen molar-refractivity contribution in [2.24, 2.45) is 5.92 Å². The van der Waals surface area contributed by atoms with E-state index in [-0.39, 0.29) is 17.9 Å². The number of hydrogen-bond acceptors (Lipinski definition) is 2. The Balaban J connectivity index is 1.98. The molecule has 1 aliphatic rings. The molecule has 1 heterocycles. The lowest BCUT2D eigenvalue weighted by atomic mass is 9.91. The summed E-state index contributed by atoms with van der Waals surface area (Å²) >= 11 is 0. The van der Waals surface area contributed by atoms with Crippen LogP contribution in [0.1, 0.15) is 50.3 Å². The SMILES string of the molecule is CCC(NC(=O)C1CCNC(C)C1)c1ccc(C)cc1. The fraction of sp³-hybridized carbons (Fsp3) is 0.588. The molecule has 110 valence electrons. The molecular formula is C17H26N2O. The Morgan fingerprint density at radius 3 is 2.70 bits per heavy atom. The van der Waals surface area contributed by atoms with Crippen LogP contribution in [0.3, 0.4) is 0 Å². The lowest BCUT2D eigenvalue weighted by Crippen LogP contribution is -2.43. The van der Waals surface area contributed by atoms with E-state index in [1.54, 1.807) is 0 Å². The van der Waals surface area contributed by atoms with Crippen LogP contribution >= 0.6 is 0 Å². The van der Waals surface area contributed by atoms with Gasteiger partial charge in [0.1, 0.15) is 0 Å². The monoisotopic (exact) mass is 274 g/mol. The molecule has 2 N–H and O–H groups in total. The Kier molecular flexibility index (Phi) is 5.18. The van der Waals surface area contributed by atoms with E-state index in [1.807, 2.05) is 0 Å². The van der Waals surface area contributed by atoms with E-state index in [1.165, 1.54) is 11.1 Å². The van der Waals surface area contributed by atoms with Crippen molar-refractivity contribution in [2.45, 2.75) is 52.1 Å². The summed E-state index contributed by atoms with van der Waals surface area (Å²) in [6, 6.07) is 9.03. The highest BCUT2D eigenvalue weighted by molar-refractivity contribution is 5.79. The van der Waals surface area contributed by atoms with Gasteiger partial charge in [0.25, 0.3) is 0 Å². The number of rotatable bonds is 4. The lowest BCUT2D eigenvalue weighted by molar-refractivity contribution is -0.126. The fourth-order valence-corrected chi connectivity index (χ4v) is 2.88. The number of amides is 1. The number of piperidine rings is 1. The summed E-state index contributed by atoms with van der Waals surface area (Å²) in [5.41, 5.74) is 2.45. The molecule has 0 spiro atoms. The van der Waals surface area contributed by atoms with Crippen LogP contribution in [0.5, 0.6) is 0 Å². The molecule has 2 rings (SSSR count). The third-order valence-corrected chi connectivity index (χ3v) is 4.20. The van der Waals surface area contributed by atoms with E-state index in [4.69, 9.17) is 0 Å². The molecule has 3 heteroatoms. The van der Waals surface area contributed by atoms with Crippen LogP contribution in [0, 0.1) is 12.8 Å². The molecule has 3 unspecified atom stereocenters. The van der Waals surface area contributed by atoms with E-state index >= 15 is 0 Å². The Hall–Kier alpha value is -1.35. The van der Waals surface area contributed by atoms with Crippen LogP contribution in [-0.4, -0.2) is 18.5 Å². The predicted molar refractivity (Wildman–Crippen MR) is 82.5 cm³/mol. The van der Waals surface area contributed by atoms with Gasteiger partial charge in [0, 0.05) is 12.0 Å². The highest BCUT2D eigenvalue weighted by Crippen LogP contribution is 2.21. The standard InChI is InChI=1S/C17H26N2O/c1-4-16(14-7-5-12(2)6-8-14)19-17(20)15-9-10-18-13(3)11-15/h5-8,13,15-16,18H,4,9-11H2,1-3H3,(H,19,20).